The van der Waals surface area contributed by atoms with Gasteiger partial charge in [-0.25, -0.2) is 0 Å². The molecule has 4 aromatic rings. The summed E-state index contributed by atoms with van der Waals surface area (Å²) in [6, 6.07) is 25.3. The number of rotatable bonds is 11. The normalized spacial score (nSPS) is 14.2. The van der Waals surface area contributed by atoms with E-state index in [0.717, 1.165) is 61.2 Å². The summed E-state index contributed by atoms with van der Waals surface area (Å²) in [4.78, 5) is 27.0. The number of amides is 1. The molecule has 1 aliphatic heterocycles. The first-order valence-electron chi connectivity index (χ1n) is 14.7. The predicted octanol–water partition coefficient (Wildman–Crippen LogP) is 7.18. The Bertz CT molecular complexity index is 1320. The van der Waals surface area contributed by atoms with Gasteiger partial charge in [-0.05, 0) is 83.8 Å². The molecule has 0 N–H and O–H groups in total. The van der Waals surface area contributed by atoms with Crippen LogP contribution in [0, 0.1) is 0 Å². The number of likely N-dealkylation sites (tertiary alicyclic amines) is 1. The van der Waals surface area contributed by atoms with Gasteiger partial charge in [-0.15, -0.1) is 0 Å². The zero-order chi connectivity index (χ0) is 27.6. The van der Waals surface area contributed by atoms with Crippen LogP contribution in [0.5, 0.6) is 0 Å². The van der Waals surface area contributed by atoms with Gasteiger partial charge < -0.3 is 4.90 Å². The summed E-state index contributed by atoms with van der Waals surface area (Å²) in [6.07, 6.45) is 14.1. The molecule has 2 aromatic heterocycles. The molecule has 1 fully saturated rings. The third kappa shape index (κ3) is 7.42. The van der Waals surface area contributed by atoms with Gasteiger partial charge in [0.1, 0.15) is 0 Å². The first-order chi connectivity index (χ1) is 19.7. The summed E-state index contributed by atoms with van der Waals surface area (Å²) in [5.41, 5.74) is 6.77. The molecule has 0 atom stereocenters. The predicted molar refractivity (Wildman–Crippen MR) is 162 cm³/mol. The first-order valence-corrected chi connectivity index (χ1v) is 14.7. The van der Waals surface area contributed by atoms with E-state index in [9.17, 15) is 4.79 Å². The Morgan fingerprint density at radius 1 is 0.800 bits per heavy atom. The third-order valence-corrected chi connectivity index (χ3v) is 7.99. The fraction of sp³-hybridized carbons (Fsp3) is 0.343. The lowest BCUT2D eigenvalue weighted by molar-refractivity contribution is 0.0543. The number of nitrogens with zero attached hydrogens (tertiary/aromatic N) is 4. The van der Waals surface area contributed by atoms with Gasteiger partial charge in [-0.2, -0.15) is 0 Å². The molecule has 0 bridgehead atoms. The van der Waals surface area contributed by atoms with Crippen molar-refractivity contribution < 1.29 is 4.79 Å². The van der Waals surface area contributed by atoms with E-state index in [1.165, 1.54) is 30.4 Å². The lowest BCUT2D eigenvalue weighted by Gasteiger charge is -2.39. The summed E-state index contributed by atoms with van der Waals surface area (Å²) in [5, 5.41) is 0. The summed E-state index contributed by atoms with van der Waals surface area (Å²) >= 11 is 0. The standard InChI is InChI=1S/C35H40N4O/c1-2-3-4-6-28-8-14-32(15-9-28)35(40)39(27-29-10-12-31(13-11-29)33-7-5-20-37-25-33)34-18-23-38(24-19-34)26-30-16-21-36-22-17-30/h5,7-17,20-22,25,34H,2-4,6,18-19,23-24,26-27H2,1H3. The number of hydrogen-bond donors (Lipinski definition) is 0. The summed E-state index contributed by atoms with van der Waals surface area (Å²) in [5.74, 6) is 0.129. The van der Waals surface area contributed by atoms with Crippen LogP contribution in [0.15, 0.2) is 97.6 Å². The van der Waals surface area contributed by atoms with E-state index in [4.69, 9.17) is 0 Å². The maximum atomic E-state index is 14.0. The summed E-state index contributed by atoms with van der Waals surface area (Å²) < 4.78 is 0. The van der Waals surface area contributed by atoms with Gasteiger partial charge >= 0.3 is 0 Å². The molecule has 0 radical (unpaired) electrons. The minimum atomic E-state index is 0.129. The fourth-order valence-corrected chi connectivity index (χ4v) is 5.59. The van der Waals surface area contributed by atoms with Crippen LogP contribution in [0.25, 0.3) is 11.1 Å². The molecule has 5 nitrogen and oxygen atoms in total. The van der Waals surface area contributed by atoms with Gasteiger partial charge in [0, 0.05) is 62.6 Å². The largest absolute Gasteiger partial charge is 0.331 e. The van der Waals surface area contributed by atoms with Crippen molar-refractivity contribution in [3.63, 3.8) is 0 Å². The van der Waals surface area contributed by atoms with Crippen LogP contribution in [0.3, 0.4) is 0 Å². The van der Waals surface area contributed by atoms with E-state index >= 15 is 0 Å². The maximum absolute atomic E-state index is 14.0. The lowest BCUT2D eigenvalue weighted by atomic mass is 9.99. The highest BCUT2D eigenvalue weighted by atomic mass is 16.2. The number of carbonyl (C=O) groups is 1. The van der Waals surface area contributed by atoms with E-state index in [1.807, 2.05) is 36.8 Å². The monoisotopic (exact) mass is 532 g/mol. The first kappa shape index (κ1) is 27.7. The van der Waals surface area contributed by atoms with Crippen molar-refractivity contribution in [3.05, 3.63) is 120 Å². The topological polar surface area (TPSA) is 49.3 Å². The van der Waals surface area contributed by atoms with Gasteiger partial charge in [0.05, 0.1) is 0 Å². The highest BCUT2D eigenvalue weighted by Crippen LogP contribution is 2.25. The fourth-order valence-electron chi connectivity index (χ4n) is 5.59. The molecule has 0 saturated carbocycles. The van der Waals surface area contributed by atoms with Gasteiger partial charge in [-0.3, -0.25) is 19.7 Å². The van der Waals surface area contributed by atoms with Gasteiger partial charge in [-0.1, -0.05) is 62.2 Å². The third-order valence-electron chi connectivity index (χ3n) is 7.99. The Balaban J connectivity index is 1.30. The van der Waals surface area contributed by atoms with E-state index in [0.29, 0.717) is 6.54 Å². The molecular formula is C35H40N4O. The lowest BCUT2D eigenvalue weighted by Crippen LogP contribution is -2.46. The van der Waals surface area contributed by atoms with Gasteiger partial charge in [0.25, 0.3) is 5.91 Å². The van der Waals surface area contributed by atoms with Crippen LogP contribution in [0.4, 0.5) is 0 Å². The molecule has 0 unspecified atom stereocenters. The van der Waals surface area contributed by atoms with E-state index < -0.39 is 0 Å². The number of piperidine rings is 1. The van der Waals surface area contributed by atoms with Crippen LogP contribution in [-0.2, 0) is 19.5 Å². The molecule has 0 spiro atoms. The van der Waals surface area contributed by atoms with E-state index in [1.54, 1.807) is 6.20 Å². The van der Waals surface area contributed by atoms with Crippen molar-refractivity contribution in [2.75, 3.05) is 13.1 Å². The number of aryl methyl sites for hydroxylation is 1. The molecule has 2 aromatic carbocycles. The van der Waals surface area contributed by atoms with Crippen molar-refractivity contribution in [2.45, 2.75) is 64.6 Å². The average molecular weight is 533 g/mol. The van der Waals surface area contributed by atoms with Crippen molar-refractivity contribution in [1.29, 1.82) is 0 Å². The van der Waals surface area contributed by atoms with Crippen LogP contribution in [0.2, 0.25) is 0 Å². The number of pyridine rings is 2. The quantitative estimate of drug-likeness (QED) is 0.192. The number of aromatic nitrogens is 2. The highest BCUT2D eigenvalue weighted by Gasteiger charge is 2.29. The average Bonchev–Trinajstić information content (AvgIpc) is 3.02. The Kier molecular flexibility index (Phi) is 9.70. The Hall–Kier alpha value is -3.83. The van der Waals surface area contributed by atoms with Crippen LogP contribution in [0.1, 0.15) is 66.1 Å². The minimum absolute atomic E-state index is 0.129. The van der Waals surface area contributed by atoms with Crippen LogP contribution >= 0.6 is 0 Å². The Morgan fingerprint density at radius 2 is 1.52 bits per heavy atom. The molecule has 1 saturated heterocycles. The smallest absolute Gasteiger partial charge is 0.254 e. The van der Waals surface area contributed by atoms with Crippen molar-refractivity contribution >= 4 is 5.91 Å². The number of hydrogen-bond acceptors (Lipinski definition) is 4. The zero-order valence-corrected chi connectivity index (χ0v) is 23.6. The Morgan fingerprint density at radius 3 is 2.20 bits per heavy atom. The van der Waals surface area contributed by atoms with E-state index in [-0.39, 0.29) is 11.9 Å². The number of carbonyl (C=O) groups excluding carboxylic acids is 1. The summed E-state index contributed by atoms with van der Waals surface area (Å²) in [7, 11) is 0. The van der Waals surface area contributed by atoms with Crippen molar-refractivity contribution in [2.24, 2.45) is 0 Å². The van der Waals surface area contributed by atoms with Crippen LogP contribution < -0.4 is 0 Å². The van der Waals surface area contributed by atoms with Gasteiger partial charge in [0.15, 0.2) is 0 Å². The Labute approximate surface area is 238 Å². The number of benzene rings is 2. The maximum Gasteiger partial charge on any atom is 0.254 e. The zero-order valence-electron chi connectivity index (χ0n) is 23.6. The number of unbranched alkanes of at least 4 members (excludes halogenated alkanes) is 2. The van der Waals surface area contributed by atoms with Crippen molar-refractivity contribution in [1.82, 2.24) is 19.8 Å². The summed E-state index contributed by atoms with van der Waals surface area (Å²) in [6.45, 7) is 5.73. The molecule has 1 amide bonds. The van der Waals surface area contributed by atoms with E-state index in [2.05, 4.69) is 81.3 Å². The second kappa shape index (κ2) is 14.0. The van der Waals surface area contributed by atoms with Crippen molar-refractivity contribution in [3.8, 4) is 11.1 Å². The molecule has 5 rings (SSSR count). The molecule has 0 aliphatic carbocycles. The highest BCUT2D eigenvalue weighted by molar-refractivity contribution is 5.94. The molecule has 206 valence electrons. The molecule has 3 heterocycles. The minimum Gasteiger partial charge on any atom is -0.331 e. The molecular weight excluding hydrogens is 492 g/mol. The molecule has 40 heavy (non-hydrogen) atoms. The van der Waals surface area contributed by atoms with Crippen LogP contribution in [-0.4, -0.2) is 44.8 Å². The second-order valence-corrected chi connectivity index (χ2v) is 10.9. The second-order valence-electron chi connectivity index (χ2n) is 10.9. The van der Waals surface area contributed by atoms with Gasteiger partial charge in [0.2, 0.25) is 0 Å². The SMILES string of the molecule is CCCCCc1ccc(C(=O)N(Cc2ccc(-c3cccnc3)cc2)C2CCN(Cc3ccncc3)CC2)cc1. The molecule has 1 aliphatic rings. The molecule has 5 heteroatoms.